The number of esters is 1. The normalized spacial score (nSPS) is 11.8. The zero-order valence-corrected chi connectivity index (χ0v) is 16.3. The SMILES string of the molecule is CCN(CC)S(=O)(=O)c1cc(C(=O)OCCOC(C)C)ccc1OC. The molecular formula is C17H27NO6S. The predicted octanol–water partition coefficient (Wildman–Crippen LogP) is 2.31. The van der Waals surface area contributed by atoms with Gasteiger partial charge in [0.1, 0.15) is 17.3 Å². The van der Waals surface area contributed by atoms with Crippen LogP contribution in [0, 0.1) is 0 Å². The second-order valence-electron chi connectivity index (χ2n) is 5.51. The van der Waals surface area contributed by atoms with Gasteiger partial charge in [0.05, 0.1) is 25.4 Å². The maximum Gasteiger partial charge on any atom is 0.338 e. The van der Waals surface area contributed by atoms with Crippen molar-refractivity contribution in [3.05, 3.63) is 23.8 Å². The van der Waals surface area contributed by atoms with Crippen LogP contribution in [-0.4, -0.2) is 58.2 Å². The molecule has 0 aliphatic heterocycles. The topological polar surface area (TPSA) is 82.1 Å². The van der Waals surface area contributed by atoms with Gasteiger partial charge in [0, 0.05) is 13.1 Å². The lowest BCUT2D eigenvalue weighted by Gasteiger charge is -2.20. The fourth-order valence-corrected chi connectivity index (χ4v) is 3.85. The first-order valence-electron chi connectivity index (χ1n) is 8.24. The monoisotopic (exact) mass is 373 g/mol. The highest BCUT2D eigenvalue weighted by molar-refractivity contribution is 7.89. The maximum absolute atomic E-state index is 12.8. The van der Waals surface area contributed by atoms with Gasteiger partial charge in [-0.1, -0.05) is 13.8 Å². The van der Waals surface area contributed by atoms with Gasteiger partial charge in [0.15, 0.2) is 0 Å². The molecule has 1 rings (SSSR count). The van der Waals surface area contributed by atoms with Crippen LogP contribution in [0.2, 0.25) is 0 Å². The largest absolute Gasteiger partial charge is 0.495 e. The van der Waals surface area contributed by atoms with E-state index in [1.165, 1.54) is 29.6 Å². The van der Waals surface area contributed by atoms with Crippen molar-refractivity contribution in [3.63, 3.8) is 0 Å². The van der Waals surface area contributed by atoms with Gasteiger partial charge in [-0.05, 0) is 32.0 Å². The Labute approximate surface area is 149 Å². The lowest BCUT2D eigenvalue weighted by Crippen LogP contribution is -2.31. The number of nitrogens with zero attached hydrogens (tertiary/aromatic N) is 1. The molecule has 0 atom stereocenters. The van der Waals surface area contributed by atoms with Crippen molar-refractivity contribution in [1.29, 1.82) is 0 Å². The third-order valence-electron chi connectivity index (χ3n) is 3.49. The average molecular weight is 373 g/mol. The molecule has 0 N–H and O–H groups in total. The van der Waals surface area contributed by atoms with E-state index in [0.717, 1.165) is 0 Å². The van der Waals surface area contributed by atoms with E-state index in [9.17, 15) is 13.2 Å². The van der Waals surface area contributed by atoms with Crippen LogP contribution in [0.1, 0.15) is 38.1 Å². The molecule has 0 aromatic heterocycles. The van der Waals surface area contributed by atoms with Gasteiger partial charge in [0.25, 0.3) is 0 Å². The average Bonchev–Trinajstić information content (AvgIpc) is 2.58. The maximum atomic E-state index is 12.8. The van der Waals surface area contributed by atoms with Crippen molar-refractivity contribution in [2.45, 2.75) is 38.7 Å². The minimum absolute atomic E-state index is 0.0468. The van der Waals surface area contributed by atoms with Crippen molar-refractivity contribution >= 4 is 16.0 Å². The van der Waals surface area contributed by atoms with E-state index in [2.05, 4.69) is 0 Å². The van der Waals surface area contributed by atoms with Crippen molar-refractivity contribution in [1.82, 2.24) is 4.31 Å². The molecule has 0 spiro atoms. The first kappa shape index (κ1) is 21.4. The van der Waals surface area contributed by atoms with Crippen molar-refractivity contribution in [2.24, 2.45) is 0 Å². The van der Waals surface area contributed by atoms with Gasteiger partial charge in [-0.2, -0.15) is 4.31 Å². The lowest BCUT2D eigenvalue weighted by molar-refractivity contribution is 0.0176. The summed E-state index contributed by atoms with van der Waals surface area (Å²) < 4.78 is 42.4. The number of benzene rings is 1. The minimum atomic E-state index is -3.76. The smallest absolute Gasteiger partial charge is 0.338 e. The van der Waals surface area contributed by atoms with Gasteiger partial charge in [-0.25, -0.2) is 13.2 Å². The molecule has 0 bridgehead atoms. The van der Waals surface area contributed by atoms with Crippen molar-refractivity contribution < 1.29 is 27.4 Å². The van der Waals surface area contributed by atoms with Gasteiger partial charge in [-0.15, -0.1) is 0 Å². The summed E-state index contributed by atoms with van der Waals surface area (Å²) in [5.74, 6) is -0.419. The highest BCUT2D eigenvalue weighted by Crippen LogP contribution is 2.28. The predicted molar refractivity (Wildman–Crippen MR) is 94.5 cm³/mol. The lowest BCUT2D eigenvalue weighted by atomic mass is 10.2. The number of hydrogen-bond acceptors (Lipinski definition) is 6. The number of rotatable bonds is 10. The quantitative estimate of drug-likeness (QED) is 0.462. The van der Waals surface area contributed by atoms with Gasteiger partial charge >= 0.3 is 5.97 Å². The number of carbonyl (C=O) groups excluding carboxylic acids is 1. The third-order valence-corrected chi connectivity index (χ3v) is 5.56. The van der Waals surface area contributed by atoms with E-state index in [-0.39, 0.29) is 35.5 Å². The van der Waals surface area contributed by atoms with Crippen LogP contribution >= 0.6 is 0 Å². The summed E-state index contributed by atoms with van der Waals surface area (Å²) in [6.45, 7) is 8.30. The van der Waals surface area contributed by atoms with Crippen LogP contribution in [0.15, 0.2) is 23.1 Å². The molecule has 25 heavy (non-hydrogen) atoms. The number of carbonyl (C=O) groups is 1. The number of methoxy groups -OCH3 is 1. The van der Waals surface area contributed by atoms with Gasteiger partial charge in [-0.3, -0.25) is 0 Å². The molecule has 8 heteroatoms. The van der Waals surface area contributed by atoms with E-state index in [1.54, 1.807) is 13.8 Å². The van der Waals surface area contributed by atoms with E-state index < -0.39 is 16.0 Å². The zero-order valence-electron chi connectivity index (χ0n) is 15.4. The van der Waals surface area contributed by atoms with E-state index in [4.69, 9.17) is 14.2 Å². The Hall–Kier alpha value is -1.64. The summed E-state index contributed by atoms with van der Waals surface area (Å²) in [6.07, 6.45) is 0.0468. The van der Waals surface area contributed by atoms with Gasteiger partial charge in [0.2, 0.25) is 10.0 Å². The highest BCUT2D eigenvalue weighted by Gasteiger charge is 2.27. The second-order valence-corrected chi connectivity index (χ2v) is 7.42. The third kappa shape index (κ3) is 5.69. The molecule has 0 aliphatic rings. The van der Waals surface area contributed by atoms with Crippen molar-refractivity contribution in [3.8, 4) is 5.75 Å². The summed E-state index contributed by atoms with van der Waals surface area (Å²) in [7, 11) is -2.37. The summed E-state index contributed by atoms with van der Waals surface area (Å²) in [5, 5.41) is 0. The van der Waals surface area contributed by atoms with Crippen LogP contribution in [0.5, 0.6) is 5.75 Å². The molecule has 1 aromatic carbocycles. The summed E-state index contributed by atoms with van der Waals surface area (Å²) in [4.78, 5) is 12.1. The molecule has 0 saturated carbocycles. The molecule has 0 fully saturated rings. The van der Waals surface area contributed by atoms with E-state index in [0.29, 0.717) is 13.1 Å². The van der Waals surface area contributed by atoms with E-state index in [1.807, 2.05) is 13.8 Å². The summed E-state index contributed by atoms with van der Waals surface area (Å²) >= 11 is 0. The molecular weight excluding hydrogens is 346 g/mol. The molecule has 0 radical (unpaired) electrons. The standard InChI is InChI=1S/C17H27NO6S/c1-6-18(7-2)25(20,21)16-12-14(8-9-15(16)22-5)17(19)24-11-10-23-13(3)4/h8-9,12-13H,6-7,10-11H2,1-5H3. The highest BCUT2D eigenvalue weighted by atomic mass is 32.2. The first-order valence-corrected chi connectivity index (χ1v) is 9.68. The Balaban J connectivity index is 3.04. The van der Waals surface area contributed by atoms with Crippen LogP contribution in [0.25, 0.3) is 0 Å². The Bertz CT molecular complexity index is 668. The molecule has 0 aliphatic carbocycles. The number of ether oxygens (including phenoxy) is 3. The fraction of sp³-hybridized carbons (Fsp3) is 0.588. The van der Waals surface area contributed by atoms with Crippen molar-refractivity contribution in [2.75, 3.05) is 33.4 Å². The first-order chi connectivity index (χ1) is 11.8. The van der Waals surface area contributed by atoms with Crippen LogP contribution in [-0.2, 0) is 19.5 Å². The molecule has 0 saturated heterocycles. The van der Waals surface area contributed by atoms with Gasteiger partial charge < -0.3 is 14.2 Å². The Morgan fingerprint density at radius 1 is 1.16 bits per heavy atom. The Morgan fingerprint density at radius 2 is 1.80 bits per heavy atom. The molecule has 0 amide bonds. The minimum Gasteiger partial charge on any atom is -0.495 e. The molecule has 142 valence electrons. The molecule has 7 nitrogen and oxygen atoms in total. The number of hydrogen-bond donors (Lipinski definition) is 0. The molecule has 1 aromatic rings. The fourth-order valence-electron chi connectivity index (χ4n) is 2.21. The summed E-state index contributed by atoms with van der Waals surface area (Å²) in [5.41, 5.74) is 0.149. The van der Waals surface area contributed by atoms with Crippen LogP contribution < -0.4 is 4.74 Å². The van der Waals surface area contributed by atoms with E-state index >= 15 is 0 Å². The number of sulfonamides is 1. The second kappa shape index (κ2) is 9.74. The van der Waals surface area contributed by atoms with Crippen LogP contribution in [0.4, 0.5) is 0 Å². The molecule has 0 heterocycles. The molecule has 0 unspecified atom stereocenters. The Kier molecular flexibility index (Phi) is 8.34. The Morgan fingerprint density at radius 3 is 2.32 bits per heavy atom. The van der Waals surface area contributed by atoms with Crippen LogP contribution in [0.3, 0.4) is 0 Å². The zero-order chi connectivity index (χ0) is 19.0. The summed E-state index contributed by atoms with van der Waals surface area (Å²) in [6, 6.07) is 4.22.